The number of para-hydroxylation sites is 1. The number of nitrogens with zero attached hydrogens (tertiary/aromatic N) is 3. The summed E-state index contributed by atoms with van der Waals surface area (Å²) in [6.07, 6.45) is 5.80. The van der Waals surface area contributed by atoms with Gasteiger partial charge < -0.3 is 10.0 Å². The van der Waals surface area contributed by atoms with E-state index in [1.165, 1.54) is 11.8 Å². The average Bonchev–Trinajstić information content (AvgIpc) is 2.71. The Balaban J connectivity index is 0.00000450. The molecule has 7 heteroatoms. The van der Waals surface area contributed by atoms with Gasteiger partial charge in [0.1, 0.15) is 0 Å². The van der Waals surface area contributed by atoms with Gasteiger partial charge in [0, 0.05) is 12.3 Å². The zero-order valence-corrected chi connectivity index (χ0v) is 20.1. The molecular weight excluding hydrogens is 418 g/mol. The Kier molecular flexibility index (Phi) is 12.8. The van der Waals surface area contributed by atoms with Crippen LogP contribution in [0.3, 0.4) is 0 Å². The number of aromatic nitrogens is 2. The van der Waals surface area contributed by atoms with E-state index in [0.717, 1.165) is 63.2 Å². The number of aromatic hydroxyl groups is 1. The van der Waals surface area contributed by atoms with Crippen LogP contribution in [0.15, 0.2) is 40.3 Å². The molecule has 0 aliphatic carbocycles. The number of hydrogen-bond donors (Lipinski definition) is 1. The number of halogens is 1. The Hall–Kier alpha value is -1.50. The highest BCUT2D eigenvalue weighted by molar-refractivity contribution is 7.99. The van der Waals surface area contributed by atoms with Crippen molar-refractivity contribution in [3.05, 3.63) is 46.2 Å². The molecule has 5 nitrogen and oxygen atoms in total. The standard InChI is InChI=1S/C23H35N3O2S.ClH/c1-4-7-9-14-20-21(27)24-23(29-18-17-25(15-5-2)16-6-3)26(22(20)28)19-12-10-8-11-13-19;/h8,10-13,27H,4-7,9,14-18H2,1-3H3;1H. The van der Waals surface area contributed by atoms with Crippen molar-refractivity contribution < 1.29 is 5.11 Å². The molecule has 0 amide bonds. The summed E-state index contributed by atoms with van der Waals surface area (Å²) in [5.74, 6) is 0.716. The van der Waals surface area contributed by atoms with E-state index >= 15 is 0 Å². The van der Waals surface area contributed by atoms with E-state index in [2.05, 4.69) is 30.7 Å². The molecule has 1 aromatic heterocycles. The third-order valence-electron chi connectivity index (χ3n) is 4.89. The second kappa shape index (κ2) is 14.5. The van der Waals surface area contributed by atoms with Gasteiger partial charge in [-0.2, -0.15) is 4.98 Å². The van der Waals surface area contributed by atoms with Crippen molar-refractivity contribution >= 4 is 24.2 Å². The molecule has 168 valence electrons. The van der Waals surface area contributed by atoms with Gasteiger partial charge in [0.25, 0.3) is 5.56 Å². The Labute approximate surface area is 191 Å². The van der Waals surface area contributed by atoms with Crippen molar-refractivity contribution in [1.82, 2.24) is 14.5 Å². The highest BCUT2D eigenvalue weighted by Gasteiger charge is 2.18. The summed E-state index contributed by atoms with van der Waals surface area (Å²) in [6, 6.07) is 9.61. The lowest BCUT2D eigenvalue weighted by molar-refractivity contribution is 0.292. The van der Waals surface area contributed by atoms with Gasteiger partial charge in [0.15, 0.2) is 5.16 Å². The van der Waals surface area contributed by atoms with E-state index in [1.807, 2.05) is 30.3 Å². The minimum Gasteiger partial charge on any atom is -0.493 e. The largest absolute Gasteiger partial charge is 0.493 e. The lowest BCUT2D eigenvalue weighted by Crippen LogP contribution is -2.29. The molecule has 0 radical (unpaired) electrons. The number of hydrogen-bond acceptors (Lipinski definition) is 5. The lowest BCUT2D eigenvalue weighted by atomic mass is 10.1. The zero-order chi connectivity index (χ0) is 21.1. The van der Waals surface area contributed by atoms with Gasteiger partial charge in [0.05, 0.1) is 11.3 Å². The van der Waals surface area contributed by atoms with E-state index in [4.69, 9.17) is 0 Å². The van der Waals surface area contributed by atoms with Gasteiger partial charge in [-0.1, -0.05) is 63.6 Å². The first-order chi connectivity index (χ1) is 14.1. The number of rotatable bonds is 13. The van der Waals surface area contributed by atoms with Crippen LogP contribution in [0.1, 0.15) is 58.4 Å². The fourth-order valence-electron chi connectivity index (χ4n) is 3.43. The van der Waals surface area contributed by atoms with Gasteiger partial charge in [0.2, 0.25) is 5.88 Å². The van der Waals surface area contributed by atoms with Gasteiger partial charge in [-0.3, -0.25) is 9.36 Å². The van der Waals surface area contributed by atoms with E-state index in [1.54, 1.807) is 4.57 Å². The maximum absolute atomic E-state index is 13.2. The van der Waals surface area contributed by atoms with Crippen LogP contribution in [0.4, 0.5) is 0 Å². The molecule has 1 heterocycles. The van der Waals surface area contributed by atoms with Gasteiger partial charge in [-0.15, -0.1) is 12.4 Å². The van der Waals surface area contributed by atoms with Crippen LogP contribution in [-0.2, 0) is 6.42 Å². The highest BCUT2D eigenvalue weighted by atomic mass is 35.5. The number of benzene rings is 1. The maximum atomic E-state index is 13.2. The van der Waals surface area contributed by atoms with Gasteiger partial charge >= 0.3 is 0 Å². The van der Waals surface area contributed by atoms with E-state index < -0.39 is 0 Å². The smallest absolute Gasteiger partial charge is 0.265 e. The fourth-order valence-corrected chi connectivity index (χ4v) is 4.43. The first-order valence-electron chi connectivity index (χ1n) is 10.9. The molecule has 0 saturated carbocycles. The van der Waals surface area contributed by atoms with Crippen LogP contribution in [0.2, 0.25) is 0 Å². The molecule has 0 atom stereocenters. The molecule has 0 aliphatic rings. The second-order valence-corrected chi connectivity index (χ2v) is 8.38. The molecule has 2 rings (SSSR count). The van der Waals surface area contributed by atoms with Gasteiger partial charge in [-0.05, 0) is 50.9 Å². The van der Waals surface area contributed by atoms with Crippen molar-refractivity contribution in [2.75, 3.05) is 25.4 Å². The molecule has 30 heavy (non-hydrogen) atoms. The van der Waals surface area contributed by atoms with Crippen LogP contribution >= 0.6 is 24.2 Å². The predicted molar refractivity (Wildman–Crippen MR) is 130 cm³/mol. The van der Waals surface area contributed by atoms with E-state index in [-0.39, 0.29) is 23.8 Å². The van der Waals surface area contributed by atoms with Crippen LogP contribution in [0, 0.1) is 0 Å². The van der Waals surface area contributed by atoms with Crippen molar-refractivity contribution in [3.63, 3.8) is 0 Å². The van der Waals surface area contributed by atoms with E-state index in [0.29, 0.717) is 17.1 Å². The summed E-state index contributed by atoms with van der Waals surface area (Å²) in [4.78, 5) is 20.1. The summed E-state index contributed by atoms with van der Waals surface area (Å²) >= 11 is 1.54. The quantitative estimate of drug-likeness (QED) is 0.253. The Morgan fingerprint density at radius 2 is 1.67 bits per heavy atom. The van der Waals surface area contributed by atoms with Crippen molar-refractivity contribution in [2.24, 2.45) is 0 Å². The maximum Gasteiger partial charge on any atom is 0.265 e. The molecule has 0 bridgehead atoms. The molecule has 0 fully saturated rings. The van der Waals surface area contributed by atoms with Crippen LogP contribution in [0.25, 0.3) is 5.69 Å². The minimum atomic E-state index is -0.152. The topological polar surface area (TPSA) is 58.4 Å². The Morgan fingerprint density at radius 3 is 2.27 bits per heavy atom. The monoisotopic (exact) mass is 453 g/mol. The van der Waals surface area contributed by atoms with Crippen LogP contribution < -0.4 is 5.56 Å². The van der Waals surface area contributed by atoms with Crippen LogP contribution in [0.5, 0.6) is 5.88 Å². The third-order valence-corrected chi connectivity index (χ3v) is 5.81. The molecule has 0 saturated heterocycles. The summed E-state index contributed by atoms with van der Waals surface area (Å²) in [5.41, 5.74) is 1.06. The number of thioether (sulfide) groups is 1. The summed E-state index contributed by atoms with van der Waals surface area (Å²) < 4.78 is 1.66. The third kappa shape index (κ3) is 7.64. The second-order valence-electron chi connectivity index (χ2n) is 7.32. The molecule has 0 spiro atoms. The minimum absolute atomic E-state index is 0. The zero-order valence-electron chi connectivity index (χ0n) is 18.5. The Morgan fingerprint density at radius 1 is 1.00 bits per heavy atom. The van der Waals surface area contributed by atoms with Crippen LogP contribution in [-0.4, -0.2) is 44.9 Å². The van der Waals surface area contributed by atoms with E-state index in [9.17, 15) is 9.90 Å². The summed E-state index contributed by atoms with van der Waals surface area (Å²) in [7, 11) is 0. The average molecular weight is 454 g/mol. The van der Waals surface area contributed by atoms with Crippen molar-refractivity contribution in [3.8, 4) is 11.6 Å². The van der Waals surface area contributed by atoms with Crippen molar-refractivity contribution in [1.29, 1.82) is 0 Å². The van der Waals surface area contributed by atoms with Gasteiger partial charge in [-0.25, -0.2) is 0 Å². The molecular formula is C23H36ClN3O2S. The lowest BCUT2D eigenvalue weighted by Gasteiger charge is -2.21. The molecule has 2 aromatic rings. The first kappa shape index (κ1) is 26.5. The predicted octanol–water partition coefficient (Wildman–Crippen LogP) is 5.31. The first-order valence-corrected chi connectivity index (χ1v) is 11.9. The summed E-state index contributed by atoms with van der Waals surface area (Å²) in [5, 5.41) is 11.0. The Bertz CT molecular complexity index is 793. The summed E-state index contributed by atoms with van der Waals surface area (Å²) in [6.45, 7) is 9.61. The molecule has 0 unspecified atom stereocenters. The molecule has 1 aromatic carbocycles. The van der Waals surface area contributed by atoms with Crippen molar-refractivity contribution in [2.45, 2.75) is 64.5 Å². The fraction of sp³-hybridized carbons (Fsp3) is 0.565. The molecule has 0 aliphatic heterocycles. The number of unbranched alkanes of at least 4 members (excludes halogenated alkanes) is 2. The SMILES string of the molecule is CCCCCc1c(O)nc(SCCN(CCC)CCC)n(-c2ccccc2)c1=O.Cl. The normalized spacial score (nSPS) is 10.9. The highest BCUT2D eigenvalue weighted by Crippen LogP contribution is 2.23. The molecule has 1 N–H and O–H groups in total.